The van der Waals surface area contributed by atoms with Gasteiger partial charge in [0.1, 0.15) is 6.33 Å². The second-order valence-corrected chi connectivity index (χ2v) is 3.37. The van der Waals surface area contributed by atoms with Gasteiger partial charge in [-0.15, -0.1) is 0 Å². The van der Waals surface area contributed by atoms with E-state index in [4.69, 9.17) is 10.00 Å². The topological polar surface area (TPSA) is 58.8 Å². The van der Waals surface area contributed by atoms with E-state index in [1.807, 2.05) is 6.07 Å². The lowest BCUT2D eigenvalue weighted by molar-refractivity contribution is 0.423. The molecule has 0 amide bonds. The molecule has 0 N–H and O–H groups in total. The maximum Gasteiger partial charge on any atom is 0.225 e. The summed E-state index contributed by atoms with van der Waals surface area (Å²) in [5.41, 5.74) is 0.950. The highest BCUT2D eigenvalue weighted by Crippen LogP contribution is 2.25. The van der Waals surface area contributed by atoms with Gasteiger partial charge in [-0.2, -0.15) is 5.26 Å². The Morgan fingerprint density at radius 1 is 1.41 bits per heavy atom. The smallest absolute Gasteiger partial charge is 0.225 e. The molecule has 1 aromatic carbocycles. The summed E-state index contributed by atoms with van der Waals surface area (Å²) in [7, 11) is 0. The van der Waals surface area contributed by atoms with Crippen LogP contribution < -0.4 is 4.74 Å². The summed E-state index contributed by atoms with van der Waals surface area (Å²) in [6.07, 6.45) is 2.90. The third kappa shape index (κ3) is 2.37. The van der Waals surface area contributed by atoms with Crippen molar-refractivity contribution in [1.29, 1.82) is 5.26 Å². The van der Waals surface area contributed by atoms with Crippen molar-refractivity contribution in [2.45, 2.75) is 6.92 Å². The molecule has 0 radical (unpaired) electrons. The van der Waals surface area contributed by atoms with Crippen LogP contribution in [0.3, 0.4) is 0 Å². The first-order valence-electron chi connectivity index (χ1n) is 4.85. The minimum absolute atomic E-state index is 0.0331. The van der Waals surface area contributed by atoms with Gasteiger partial charge in [0.05, 0.1) is 11.6 Å². The third-order valence-corrected chi connectivity index (χ3v) is 2.11. The van der Waals surface area contributed by atoms with E-state index in [0.717, 1.165) is 6.07 Å². The molecule has 5 heteroatoms. The van der Waals surface area contributed by atoms with Crippen LogP contribution in [0.2, 0.25) is 0 Å². The van der Waals surface area contributed by atoms with Gasteiger partial charge >= 0.3 is 0 Å². The van der Waals surface area contributed by atoms with Gasteiger partial charge in [0.25, 0.3) is 0 Å². The lowest BCUT2D eigenvalue weighted by Crippen LogP contribution is -1.94. The Morgan fingerprint density at radius 2 is 2.24 bits per heavy atom. The van der Waals surface area contributed by atoms with Crippen molar-refractivity contribution in [2.75, 3.05) is 0 Å². The van der Waals surface area contributed by atoms with Crippen LogP contribution in [0.4, 0.5) is 4.39 Å². The zero-order chi connectivity index (χ0) is 12.3. The average Bonchev–Trinajstić information content (AvgIpc) is 2.34. The first kappa shape index (κ1) is 11.0. The quantitative estimate of drug-likeness (QED) is 0.794. The van der Waals surface area contributed by atoms with E-state index in [1.54, 1.807) is 13.1 Å². The molecule has 1 heterocycles. The SMILES string of the molecule is Cc1cncnc1Oc1ccc(C#N)cc1F. The minimum Gasteiger partial charge on any atom is -0.436 e. The number of hydrogen-bond acceptors (Lipinski definition) is 4. The largest absolute Gasteiger partial charge is 0.436 e. The van der Waals surface area contributed by atoms with E-state index < -0.39 is 5.82 Å². The fourth-order valence-electron chi connectivity index (χ4n) is 1.25. The van der Waals surface area contributed by atoms with Crippen molar-refractivity contribution in [3.8, 4) is 17.7 Å². The fourth-order valence-corrected chi connectivity index (χ4v) is 1.25. The fraction of sp³-hybridized carbons (Fsp3) is 0.0833. The Labute approximate surface area is 97.3 Å². The zero-order valence-electron chi connectivity index (χ0n) is 9.01. The first-order chi connectivity index (χ1) is 8.20. The molecule has 0 saturated heterocycles. The Hall–Kier alpha value is -2.48. The second kappa shape index (κ2) is 4.58. The van der Waals surface area contributed by atoms with Crippen molar-refractivity contribution in [1.82, 2.24) is 9.97 Å². The number of hydrogen-bond donors (Lipinski definition) is 0. The monoisotopic (exact) mass is 229 g/mol. The summed E-state index contributed by atoms with van der Waals surface area (Å²) in [4.78, 5) is 7.70. The van der Waals surface area contributed by atoms with Gasteiger partial charge in [-0.25, -0.2) is 14.4 Å². The number of halogens is 1. The van der Waals surface area contributed by atoms with E-state index in [9.17, 15) is 4.39 Å². The Balaban J connectivity index is 2.32. The summed E-state index contributed by atoms with van der Waals surface area (Å²) in [6.45, 7) is 1.76. The lowest BCUT2D eigenvalue weighted by Gasteiger charge is -2.07. The standard InChI is InChI=1S/C12H8FN3O/c1-8-6-15-7-16-12(8)17-11-3-2-9(5-14)4-10(11)13/h2-4,6-7H,1H3. The number of rotatable bonds is 2. The molecule has 0 spiro atoms. The van der Waals surface area contributed by atoms with Crippen molar-refractivity contribution >= 4 is 0 Å². The van der Waals surface area contributed by atoms with Gasteiger partial charge in [0.2, 0.25) is 5.88 Å². The molecule has 0 unspecified atom stereocenters. The van der Waals surface area contributed by atoms with Crippen LogP contribution >= 0.6 is 0 Å². The molecule has 0 aliphatic heterocycles. The Morgan fingerprint density at radius 3 is 2.88 bits per heavy atom. The van der Waals surface area contributed by atoms with Gasteiger partial charge < -0.3 is 4.74 Å². The van der Waals surface area contributed by atoms with Crippen LogP contribution in [0, 0.1) is 24.1 Å². The third-order valence-electron chi connectivity index (χ3n) is 2.11. The summed E-state index contributed by atoms with van der Waals surface area (Å²) >= 11 is 0. The molecular weight excluding hydrogens is 221 g/mol. The van der Waals surface area contributed by atoms with Gasteiger partial charge in [0, 0.05) is 11.8 Å². The number of aryl methyl sites for hydroxylation is 1. The van der Waals surface area contributed by atoms with Crippen molar-refractivity contribution in [3.05, 3.63) is 47.7 Å². The van der Waals surface area contributed by atoms with Gasteiger partial charge in [0.15, 0.2) is 11.6 Å². The van der Waals surface area contributed by atoms with E-state index in [2.05, 4.69) is 9.97 Å². The number of nitrogens with zero attached hydrogens (tertiary/aromatic N) is 3. The van der Waals surface area contributed by atoms with Gasteiger partial charge in [-0.1, -0.05) is 0 Å². The molecule has 2 rings (SSSR count). The van der Waals surface area contributed by atoms with Crippen LogP contribution in [0.1, 0.15) is 11.1 Å². The molecule has 1 aromatic heterocycles. The van der Waals surface area contributed by atoms with Crippen LogP contribution in [0.25, 0.3) is 0 Å². The highest BCUT2D eigenvalue weighted by molar-refractivity contribution is 5.38. The maximum absolute atomic E-state index is 13.5. The number of nitriles is 1. The predicted molar refractivity (Wildman–Crippen MR) is 58.0 cm³/mol. The first-order valence-corrected chi connectivity index (χ1v) is 4.85. The molecule has 0 bridgehead atoms. The van der Waals surface area contributed by atoms with Crippen LogP contribution in [0.5, 0.6) is 11.6 Å². The van der Waals surface area contributed by atoms with Gasteiger partial charge in [-0.05, 0) is 25.1 Å². The van der Waals surface area contributed by atoms with E-state index in [-0.39, 0.29) is 11.3 Å². The average molecular weight is 229 g/mol. The van der Waals surface area contributed by atoms with Crippen molar-refractivity contribution in [2.24, 2.45) is 0 Å². The number of benzene rings is 1. The number of aromatic nitrogens is 2. The lowest BCUT2D eigenvalue weighted by atomic mass is 10.2. The van der Waals surface area contributed by atoms with Crippen LogP contribution in [-0.2, 0) is 0 Å². The normalized spacial score (nSPS) is 9.71. The second-order valence-electron chi connectivity index (χ2n) is 3.37. The van der Waals surface area contributed by atoms with Crippen LogP contribution in [-0.4, -0.2) is 9.97 Å². The number of ether oxygens (including phenoxy) is 1. The summed E-state index contributed by atoms with van der Waals surface area (Å²) in [6, 6.07) is 5.85. The molecule has 84 valence electrons. The Kier molecular flexibility index (Phi) is 2.97. The maximum atomic E-state index is 13.5. The van der Waals surface area contributed by atoms with Gasteiger partial charge in [-0.3, -0.25) is 0 Å². The summed E-state index contributed by atoms with van der Waals surface area (Å²) < 4.78 is 18.8. The highest BCUT2D eigenvalue weighted by Gasteiger charge is 2.08. The molecule has 2 aromatic rings. The predicted octanol–water partition coefficient (Wildman–Crippen LogP) is 2.59. The van der Waals surface area contributed by atoms with E-state index in [0.29, 0.717) is 11.4 Å². The minimum atomic E-state index is -0.595. The Bertz CT molecular complexity index is 593. The summed E-state index contributed by atoms with van der Waals surface area (Å²) in [5, 5.41) is 8.61. The van der Waals surface area contributed by atoms with Crippen molar-refractivity contribution < 1.29 is 9.13 Å². The zero-order valence-corrected chi connectivity index (χ0v) is 9.01. The molecular formula is C12H8FN3O. The molecule has 0 aliphatic carbocycles. The molecule has 0 fully saturated rings. The summed E-state index contributed by atoms with van der Waals surface area (Å²) in [5.74, 6) is -0.267. The molecule has 4 nitrogen and oxygen atoms in total. The van der Waals surface area contributed by atoms with Crippen molar-refractivity contribution in [3.63, 3.8) is 0 Å². The molecule has 0 atom stereocenters. The highest BCUT2D eigenvalue weighted by atomic mass is 19.1. The van der Waals surface area contributed by atoms with E-state index in [1.165, 1.54) is 18.5 Å². The molecule has 0 saturated carbocycles. The molecule has 0 aliphatic rings. The van der Waals surface area contributed by atoms with Crippen LogP contribution in [0.15, 0.2) is 30.7 Å². The van der Waals surface area contributed by atoms with E-state index >= 15 is 0 Å². The molecule has 17 heavy (non-hydrogen) atoms.